The Labute approximate surface area is 130 Å². The Morgan fingerprint density at radius 3 is 2.48 bits per heavy atom. The van der Waals surface area contributed by atoms with Crippen LogP contribution in [0.1, 0.15) is 11.7 Å². The zero-order valence-electron chi connectivity index (χ0n) is 12.5. The summed E-state index contributed by atoms with van der Waals surface area (Å²) in [6.45, 7) is 3.44. The van der Waals surface area contributed by atoms with Crippen LogP contribution in [0.2, 0.25) is 5.02 Å². The van der Waals surface area contributed by atoms with Gasteiger partial charge in [-0.2, -0.15) is 0 Å². The Morgan fingerprint density at radius 1 is 1.29 bits per heavy atom. The summed E-state index contributed by atoms with van der Waals surface area (Å²) in [6.07, 6.45) is -0.602. The molecule has 1 saturated heterocycles. The lowest BCUT2D eigenvalue weighted by molar-refractivity contribution is 0.0762. The van der Waals surface area contributed by atoms with E-state index in [-0.39, 0.29) is 6.03 Å². The molecule has 21 heavy (non-hydrogen) atoms. The second-order valence-corrected chi connectivity index (χ2v) is 5.91. The van der Waals surface area contributed by atoms with Crippen LogP contribution in [0, 0.1) is 0 Å². The van der Waals surface area contributed by atoms with Gasteiger partial charge in [0.15, 0.2) is 0 Å². The first-order chi connectivity index (χ1) is 9.99. The third-order valence-corrected chi connectivity index (χ3v) is 4.06. The fourth-order valence-electron chi connectivity index (χ4n) is 2.49. The molecule has 0 saturated carbocycles. The van der Waals surface area contributed by atoms with Crippen LogP contribution in [0.3, 0.4) is 0 Å². The average Bonchev–Trinajstić information content (AvgIpc) is 2.47. The molecule has 0 bridgehead atoms. The summed E-state index contributed by atoms with van der Waals surface area (Å²) in [4.78, 5) is 17.4. The second kappa shape index (κ2) is 7.11. The van der Waals surface area contributed by atoms with Crippen LogP contribution in [0.4, 0.5) is 4.79 Å². The van der Waals surface area contributed by atoms with E-state index in [0.717, 1.165) is 18.7 Å². The molecule has 1 fully saturated rings. The largest absolute Gasteiger partial charge is 0.387 e. The number of carbonyl (C=O) groups is 1. The molecule has 116 valence electrons. The maximum Gasteiger partial charge on any atom is 0.319 e. The van der Waals surface area contributed by atoms with Gasteiger partial charge in [0.2, 0.25) is 0 Å². The molecule has 5 nitrogen and oxygen atoms in total. The summed E-state index contributed by atoms with van der Waals surface area (Å²) in [5.41, 5.74) is 0.756. The fourth-order valence-corrected chi connectivity index (χ4v) is 2.75. The molecule has 1 aliphatic rings. The minimum absolute atomic E-state index is 0.0429. The van der Waals surface area contributed by atoms with Gasteiger partial charge in [0.05, 0.1) is 6.10 Å². The van der Waals surface area contributed by atoms with E-state index >= 15 is 0 Å². The fraction of sp³-hybridized carbons (Fsp3) is 0.533. The van der Waals surface area contributed by atoms with Crippen LogP contribution in [0.25, 0.3) is 0 Å². The number of carbonyl (C=O) groups excluding carboxylic acids is 1. The summed E-state index contributed by atoms with van der Waals surface area (Å²) < 4.78 is 0. The molecule has 1 unspecified atom stereocenters. The number of hydrogen-bond donors (Lipinski definition) is 1. The van der Waals surface area contributed by atoms with Crippen molar-refractivity contribution in [2.75, 3.05) is 46.8 Å². The van der Waals surface area contributed by atoms with Gasteiger partial charge in [-0.3, -0.25) is 4.90 Å². The highest BCUT2D eigenvalue weighted by atomic mass is 35.5. The van der Waals surface area contributed by atoms with Gasteiger partial charge in [0.1, 0.15) is 0 Å². The Balaban J connectivity index is 1.86. The van der Waals surface area contributed by atoms with Crippen LogP contribution in [0.5, 0.6) is 0 Å². The Hall–Kier alpha value is -1.30. The van der Waals surface area contributed by atoms with Gasteiger partial charge in [-0.05, 0) is 6.07 Å². The zero-order valence-corrected chi connectivity index (χ0v) is 13.3. The van der Waals surface area contributed by atoms with Crippen molar-refractivity contribution in [1.29, 1.82) is 0 Å². The van der Waals surface area contributed by atoms with Crippen molar-refractivity contribution in [3.8, 4) is 0 Å². The van der Waals surface area contributed by atoms with Crippen LogP contribution in [0.15, 0.2) is 24.3 Å². The molecule has 1 atom stereocenters. The number of amides is 2. The van der Waals surface area contributed by atoms with Gasteiger partial charge < -0.3 is 14.9 Å². The number of urea groups is 1. The number of aliphatic hydroxyl groups excluding tert-OH is 1. The lowest BCUT2D eigenvalue weighted by Crippen LogP contribution is -2.52. The predicted octanol–water partition coefficient (Wildman–Crippen LogP) is 1.67. The summed E-state index contributed by atoms with van der Waals surface area (Å²) in [5.74, 6) is 0. The summed E-state index contributed by atoms with van der Waals surface area (Å²) in [6, 6.07) is 7.40. The summed E-state index contributed by atoms with van der Waals surface area (Å²) in [5, 5.41) is 10.9. The molecule has 1 N–H and O–H groups in total. The first-order valence-electron chi connectivity index (χ1n) is 7.10. The molecule has 1 aliphatic heterocycles. The molecular formula is C15H22ClN3O2. The van der Waals surface area contributed by atoms with Crippen molar-refractivity contribution in [1.82, 2.24) is 14.7 Å². The first-order valence-corrected chi connectivity index (χ1v) is 7.48. The number of hydrogen-bond acceptors (Lipinski definition) is 3. The van der Waals surface area contributed by atoms with E-state index in [1.165, 1.54) is 0 Å². The Morgan fingerprint density at radius 2 is 1.90 bits per heavy atom. The van der Waals surface area contributed by atoms with Crippen molar-refractivity contribution >= 4 is 17.6 Å². The Kier molecular flexibility index (Phi) is 5.45. The van der Waals surface area contributed by atoms with E-state index in [1.54, 1.807) is 25.1 Å². The lowest BCUT2D eigenvalue weighted by atomic mass is 10.1. The van der Waals surface area contributed by atoms with Gasteiger partial charge in [0.25, 0.3) is 0 Å². The van der Waals surface area contributed by atoms with E-state index in [0.29, 0.717) is 24.7 Å². The third kappa shape index (κ3) is 4.09. The van der Waals surface area contributed by atoms with Crippen molar-refractivity contribution in [2.24, 2.45) is 0 Å². The highest BCUT2D eigenvalue weighted by Gasteiger charge is 2.24. The average molecular weight is 312 g/mol. The number of nitrogens with zero attached hydrogens (tertiary/aromatic N) is 3. The SMILES string of the molecule is CN(C)C(=O)N1CCN(CC(O)c2ccccc2Cl)CC1. The van der Waals surface area contributed by atoms with Crippen LogP contribution >= 0.6 is 11.6 Å². The van der Waals surface area contributed by atoms with E-state index in [2.05, 4.69) is 4.90 Å². The summed E-state index contributed by atoms with van der Waals surface area (Å²) >= 11 is 6.10. The number of aliphatic hydroxyl groups is 1. The quantitative estimate of drug-likeness (QED) is 0.924. The number of β-amino-alcohol motifs (C(OH)–C–C–N with tert-alkyl or cyclic N) is 1. The van der Waals surface area contributed by atoms with E-state index < -0.39 is 6.10 Å². The Bertz CT molecular complexity index is 488. The second-order valence-electron chi connectivity index (χ2n) is 5.50. The van der Waals surface area contributed by atoms with Gasteiger partial charge in [0, 0.05) is 57.4 Å². The minimum Gasteiger partial charge on any atom is -0.387 e. The maximum atomic E-state index is 11.9. The van der Waals surface area contributed by atoms with Crippen LogP contribution in [-0.2, 0) is 0 Å². The predicted molar refractivity (Wildman–Crippen MR) is 83.5 cm³/mol. The molecule has 1 heterocycles. The highest BCUT2D eigenvalue weighted by molar-refractivity contribution is 6.31. The van der Waals surface area contributed by atoms with Gasteiger partial charge in [-0.15, -0.1) is 0 Å². The van der Waals surface area contributed by atoms with E-state index in [1.807, 2.05) is 23.1 Å². The minimum atomic E-state index is -0.602. The first kappa shape index (κ1) is 16.1. The van der Waals surface area contributed by atoms with Crippen molar-refractivity contribution < 1.29 is 9.90 Å². The molecule has 6 heteroatoms. The van der Waals surface area contributed by atoms with Crippen molar-refractivity contribution in [3.05, 3.63) is 34.9 Å². The molecule has 0 aliphatic carbocycles. The van der Waals surface area contributed by atoms with Crippen LogP contribution in [-0.4, -0.2) is 72.7 Å². The number of rotatable bonds is 3. The number of piperazine rings is 1. The van der Waals surface area contributed by atoms with Crippen molar-refractivity contribution in [2.45, 2.75) is 6.10 Å². The number of benzene rings is 1. The highest BCUT2D eigenvalue weighted by Crippen LogP contribution is 2.23. The van der Waals surface area contributed by atoms with Gasteiger partial charge in [-0.1, -0.05) is 29.8 Å². The molecule has 0 aromatic heterocycles. The van der Waals surface area contributed by atoms with E-state index in [4.69, 9.17) is 11.6 Å². The summed E-state index contributed by atoms with van der Waals surface area (Å²) in [7, 11) is 3.52. The molecule has 1 aromatic rings. The normalized spacial score (nSPS) is 17.6. The molecular weight excluding hydrogens is 290 g/mol. The standard InChI is InChI=1S/C15H22ClN3O2/c1-17(2)15(21)19-9-7-18(8-10-19)11-14(20)12-5-3-4-6-13(12)16/h3-6,14,20H,7-11H2,1-2H3. The van der Waals surface area contributed by atoms with Crippen LogP contribution < -0.4 is 0 Å². The monoisotopic (exact) mass is 311 g/mol. The smallest absolute Gasteiger partial charge is 0.319 e. The third-order valence-electron chi connectivity index (χ3n) is 3.72. The topological polar surface area (TPSA) is 47.0 Å². The van der Waals surface area contributed by atoms with Gasteiger partial charge in [-0.25, -0.2) is 4.79 Å². The van der Waals surface area contributed by atoms with Gasteiger partial charge >= 0.3 is 6.03 Å². The zero-order chi connectivity index (χ0) is 15.4. The molecule has 0 spiro atoms. The lowest BCUT2D eigenvalue weighted by Gasteiger charge is -2.36. The molecule has 2 amide bonds. The maximum absolute atomic E-state index is 11.9. The van der Waals surface area contributed by atoms with Crippen molar-refractivity contribution in [3.63, 3.8) is 0 Å². The molecule has 1 aromatic carbocycles. The number of halogens is 1. The molecule has 2 rings (SSSR count). The van der Waals surface area contributed by atoms with E-state index in [9.17, 15) is 9.90 Å². The molecule has 0 radical (unpaired) electrons.